The van der Waals surface area contributed by atoms with E-state index in [1.165, 1.54) is 0 Å². The highest BCUT2D eigenvalue weighted by molar-refractivity contribution is 5.86. The van der Waals surface area contributed by atoms with E-state index in [1.54, 1.807) is 7.05 Å². The van der Waals surface area contributed by atoms with Crippen LogP contribution in [0.1, 0.15) is 26.3 Å². The van der Waals surface area contributed by atoms with Crippen LogP contribution in [0.5, 0.6) is 0 Å². The first-order chi connectivity index (χ1) is 10.7. The van der Waals surface area contributed by atoms with Crippen LogP contribution in [0.15, 0.2) is 29.3 Å². The van der Waals surface area contributed by atoms with Crippen LogP contribution in [0.2, 0.25) is 0 Å². The Morgan fingerprint density at radius 1 is 1.13 bits per heavy atom. The lowest BCUT2D eigenvalue weighted by atomic mass is 10.1. The normalized spacial score (nSPS) is 11.8. The third-order valence-electron chi connectivity index (χ3n) is 3.07. The third-order valence-corrected chi connectivity index (χ3v) is 3.07. The molecular formula is C17H29N5O. The van der Waals surface area contributed by atoms with Gasteiger partial charge in [0.25, 0.3) is 0 Å². The van der Waals surface area contributed by atoms with E-state index in [0.29, 0.717) is 12.5 Å². The summed E-state index contributed by atoms with van der Waals surface area (Å²) in [5.74, 6) is 0.543. The standard InChI is InChI=1S/C17H29N5O/c1-17(2,3)21-15(23)12-20-16(18-4)19-11-13-7-9-14(10-8-13)22(5)6/h7-10H,11-12H2,1-6H3,(H,21,23)(H2,18,19,20). The highest BCUT2D eigenvalue weighted by atomic mass is 16.2. The Labute approximate surface area is 139 Å². The lowest BCUT2D eigenvalue weighted by Gasteiger charge is -2.21. The van der Waals surface area contributed by atoms with Gasteiger partial charge in [0.15, 0.2) is 5.96 Å². The van der Waals surface area contributed by atoms with E-state index in [0.717, 1.165) is 11.3 Å². The Morgan fingerprint density at radius 2 is 1.74 bits per heavy atom. The van der Waals surface area contributed by atoms with Gasteiger partial charge in [-0.25, -0.2) is 0 Å². The zero-order valence-corrected chi connectivity index (χ0v) is 15.0. The van der Waals surface area contributed by atoms with Crippen molar-refractivity contribution in [3.63, 3.8) is 0 Å². The summed E-state index contributed by atoms with van der Waals surface area (Å²) < 4.78 is 0. The fraction of sp³-hybridized carbons (Fsp3) is 0.529. The number of benzene rings is 1. The average Bonchev–Trinajstić information content (AvgIpc) is 2.46. The molecule has 0 saturated carbocycles. The number of nitrogens with zero attached hydrogens (tertiary/aromatic N) is 2. The average molecular weight is 319 g/mol. The van der Waals surface area contributed by atoms with E-state index >= 15 is 0 Å². The molecule has 0 spiro atoms. The smallest absolute Gasteiger partial charge is 0.239 e. The molecule has 23 heavy (non-hydrogen) atoms. The molecule has 0 saturated heterocycles. The quantitative estimate of drug-likeness (QED) is 0.566. The van der Waals surface area contributed by atoms with Crippen molar-refractivity contribution in [2.45, 2.75) is 32.9 Å². The highest BCUT2D eigenvalue weighted by Gasteiger charge is 2.13. The van der Waals surface area contributed by atoms with Crippen molar-refractivity contribution >= 4 is 17.6 Å². The minimum Gasteiger partial charge on any atom is -0.378 e. The van der Waals surface area contributed by atoms with Gasteiger partial charge in [-0.2, -0.15) is 0 Å². The van der Waals surface area contributed by atoms with Gasteiger partial charge in [0.1, 0.15) is 0 Å². The lowest BCUT2D eigenvalue weighted by molar-refractivity contribution is -0.121. The lowest BCUT2D eigenvalue weighted by Crippen LogP contribution is -2.48. The molecule has 1 rings (SSSR count). The topological polar surface area (TPSA) is 68.8 Å². The molecule has 0 radical (unpaired) electrons. The predicted octanol–water partition coefficient (Wildman–Crippen LogP) is 1.33. The summed E-state index contributed by atoms with van der Waals surface area (Å²) in [5, 5.41) is 9.11. The maximum atomic E-state index is 11.8. The van der Waals surface area contributed by atoms with Crippen LogP contribution in [0, 0.1) is 0 Å². The van der Waals surface area contributed by atoms with Gasteiger partial charge in [-0.3, -0.25) is 9.79 Å². The van der Waals surface area contributed by atoms with Crippen LogP contribution in [0.4, 0.5) is 5.69 Å². The first-order valence-electron chi connectivity index (χ1n) is 7.73. The SMILES string of the molecule is CN=C(NCC(=O)NC(C)(C)C)NCc1ccc(N(C)C)cc1. The second-order valence-electron chi connectivity index (χ2n) is 6.64. The summed E-state index contributed by atoms with van der Waals surface area (Å²) in [6, 6.07) is 8.29. The molecule has 1 aromatic carbocycles. The van der Waals surface area contributed by atoms with Crippen LogP contribution >= 0.6 is 0 Å². The molecule has 0 aliphatic carbocycles. The van der Waals surface area contributed by atoms with Gasteiger partial charge in [-0.1, -0.05) is 12.1 Å². The summed E-state index contributed by atoms with van der Waals surface area (Å²) in [4.78, 5) is 18.0. The fourth-order valence-electron chi connectivity index (χ4n) is 1.94. The highest BCUT2D eigenvalue weighted by Crippen LogP contribution is 2.11. The van der Waals surface area contributed by atoms with Gasteiger partial charge < -0.3 is 20.9 Å². The Morgan fingerprint density at radius 3 is 2.22 bits per heavy atom. The van der Waals surface area contributed by atoms with Gasteiger partial charge in [0, 0.05) is 38.9 Å². The van der Waals surface area contributed by atoms with Crippen molar-refractivity contribution in [3.8, 4) is 0 Å². The van der Waals surface area contributed by atoms with Crippen molar-refractivity contribution in [3.05, 3.63) is 29.8 Å². The molecule has 0 unspecified atom stereocenters. The van der Waals surface area contributed by atoms with Crippen molar-refractivity contribution in [1.82, 2.24) is 16.0 Å². The Balaban J connectivity index is 2.44. The number of rotatable bonds is 5. The Hall–Kier alpha value is -2.24. The van der Waals surface area contributed by atoms with Gasteiger partial charge in [-0.15, -0.1) is 0 Å². The van der Waals surface area contributed by atoms with E-state index in [-0.39, 0.29) is 18.0 Å². The maximum Gasteiger partial charge on any atom is 0.239 e. The molecule has 1 aromatic rings. The molecule has 0 aromatic heterocycles. The van der Waals surface area contributed by atoms with Crippen LogP contribution < -0.4 is 20.9 Å². The van der Waals surface area contributed by atoms with Crippen molar-refractivity contribution in [2.75, 3.05) is 32.6 Å². The monoisotopic (exact) mass is 319 g/mol. The number of guanidine groups is 1. The summed E-state index contributed by atoms with van der Waals surface area (Å²) in [5.41, 5.74) is 2.08. The third kappa shape index (κ3) is 7.54. The molecule has 6 heteroatoms. The van der Waals surface area contributed by atoms with Gasteiger partial charge in [-0.05, 0) is 38.5 Å². The maximum absolute atomic E-state index is 11.8. The zero-order chi connectivity index (χ0) is 17.5. The molecule has 0 atom stereocenters. The number of hydrogen-bond acceptors (Lipinski definition) is 3. The largest absolute Gasteiger partial charge is 0.378 e. The summed E-state index contributed by atoms with van der Waals surface area (Å²) in [6.45, 7) is 6.70. The molecule has 6 nitrogen and oxygen atoms in total. The number of aliphatic imine (C=N–C) groups is 1. The van der Waals surface area contributed by atoms with Crippen molar-refractivity contribution in [2.24, 2.45) is 4.99 Å². The minimum absolute atomic E-state index is 0.0595. The number of nitrogens with one attached hydrogen (secondary N) is 3. The second kappa shape index (κ2) is 8.41. The molecule has 1 amide bonds. The Kier molecular flexibility index (Phi) is 6.88. The predicted molar refractivity (Wildman–Crippen MR) is 96.9 cm³/mol. The molecule has 0 fully saturated rings. The molecule has 0 heterocycles. The molecule has 0 aliphatic rings. The van der Waals surface area contributed by atoms with E-state index < -0.39 is 0 Å². The number of amides is 1. The van der Waals surface area contributed by atoms with E-state index in [1.807, 2.05) is 34.9 Å². The Bertz CT molecular complexity index is 529. The summed E-state index contributed by atoms with van der Waals surface area (Å²) in [6.07, 6.45) is 0. The van der Waals surface area contributed by atoms with E-state index in [9.17, 15) is 4.79 Å². The molecule has 3 N–H and O–H groups in total. The van der Waals surface area contributed by atoms with E-state index in [2.05, 4.69) is 50.1 Å². The minimum atomic E-state index is -0.232. The molecule has 0 bridgehead atoms. The van der Waals surface area contributed by atoms with Crippen LogP contribution in [0.3, 0.4) is 0 Å². The number of hydrogen-bond donors (Lipinski definition) is 3. The number of carbonyl (C=O) groups excluding carboxylic acids is 1. The first kappa shape index (κ1) is 18.8. The summed E-state index contributed by atoms with van der Waals surface area (Å²) >= 11 is 0. The van der Waals surface area contributed by atoms with Gasteiger partial charge >= 0.3 is 0 Å². The molecular weight excluding hydrogens is 290 g/mol. The van der Waals surface area contributed by atoms with Gasteiger partial charge in [0.05, 0.1) is 6.54 Å². The van der Waals surface area contributed by atoms with Crippen LogP contribution in [-0.2, 0) is 11.3 Å². The number of anilines is 1. The van der Waals surface area contributed by atoms with Crippen LogP contribution in [0.25, 0.3) is 0 Å². The fourth-order valence-corrected chi connectivity index (χ4v) is 1.94. The molecule has 128 valence electrons. The van der Waals surface area contributed by atoms with Crippen molar-refractivity contribution < 1.29 is 4.79 Å². The van der Waals surface area contributed by atoms with Gasteiger partial charge in [0.2, 0.25) is 5.91 Å². The van der Waals surface area contributed by atoms with Crippen LogP contribution in [-0.4, -0.2) is 45.1 Å². The number of carbonyl (C=O) groups is 1. The van der Waals surface area contributed by atoms with E-state index in [4.69, 9.17) is 0 Å². The first-order valence-corrected chi connectivity index (χ1v) is 7.73. The zero-order valence-electron chi connectivity index (χ0n) is 15.0. The molecule has 0 aliphatic heterocycles. The summed E-state index contributed by atoms with van der Waals surface area (Å²) in [7, 11) is 5.72. The van der Waals surface area contributed by atoms with Crippen molar-refractivity contribution in [1.29, 1.82) is 0 Å². The second-order valence-corrected chi connectivity index (χ2v) is 6.64.